The van der Waals surface area contributed by atoms with Crippen molar-refractivity contribution < 1.29 is 4.74 Å². The van der Waals surface area contributed by atoms with Crippen molar-refractivity contribution in [2.24, 2.45) is 5.73 Å². The molecule has 2 aromatic rings. The number of rotatable bonds is 3. The third-order valence-corrected chi connectivity index (χ3v) is 2.88. The number of hydrogen-bond donors (Lipinski definition) is 1. The Morgan fingerprint density at radius 1 is 1.56 bits per heavy atom. The smallest absolute Gasteiger partial charge is 0.266 e. The summed E-state index contributed by atoms with van der Waals surface area (Å²) in [4.78, 5) is 16.6. The predicted molar refractivity (Wildman–Crippen MR) is 71.2 cm³/mol. The molecular weight excluding hydrogens is 254 g/mol. The van der Waals surface area contributed by atoms with Crippen molar-refractivity contribution in [1.82, 2.24) is 9.55 Å². The van der Waals surface area contributed by atoms with Gasteiger partial charge < -0.3 is 10.5 Å². The van der Waals surface area contributed by atoms with Crippen LogP contribution in [0.25, 0.3) is 10.9 Å². The van der Waals surface area contributed by atoms with Crippen molar-refractivity contribution >= 4 is 22.5 Å². The molecule has 0 bridgehead atoms. The summed E-state index contributed by atoms with van der Waals surface area (Å²) in [6.07, 6.45) is 0. The van der Waals surface area contributed by atoms with Crippen molar-refractivity contribution in [1.29, 1.82) is 0 Å². The SMILES string of the molecule is COc1cccc2nc(Cl)n(CC(C)N)c(=O)c12. The zero-order chi connectivity index (χ0) is 13.3. The molecule has 1 unspecified atom stereocenters. The number of nitrogens with two attached hydrogens (primary N) is 1. The standard InChI is InChI=1S/C12H14ClN3O2/c1-7(14)6-16-11(17)10-8(15-12(16)13)4-3-5-9(10)18-2/h3-5,7H,6,14H2,1-2H3. The first kappa shape index (κ1) is 12.9. The molecule has 1 aromatic heterocycles. The van der Waals surface area contributed by atoms with Crippen molar-refractivity contribution in [3.8, 4) is 5.75 Å². The van der Waals surface area contributed by atoms with Crippen LogP contribution in [-0.2, 0) is 6.54 Å². The van der Waals surface area contributed by atoms with E-state index in [-0.39, 0.29) is 16.9 Å². The molecule has 2 rings (SSSR count). The zero-order valence-corrected chi connectivity index (χ0v) is 10.9. The Morgan fingerprint density at radius 3 is 2.89 bits per heavy atom. The molecule has 0 spiro atoms. The van der Waals surface area contributed by atoms with Crippen LogP contribution in [0.5, 0.6) is 5.75 Å². The second kappa shape index (κ2) is 4.96. The minimum absolute atomic E-state index is 0.137. The molecule has 0 fully saturated rings. The van der Waals surface area contributed by atoms with Crippen LogP contribution < -0.4 is 16.0 Å². The summed E-state index contributed by atoms with van der Waals surface area (Å²) in [7, 11) is 1.51. The Balaban J connectivity index is 2.78. The first-order valence-corrected chi connectivity index (χ1v) is 5.91. The molecule has 5 nitrogen and oxygen atoms in total. The lowest BCUT2D eigenvalue weighted by Gasteiger charge is -2.12. The molecule has 1 atom stereocenters. The van der Waals surface area contributed by atoms with E-state index in [9.17, 15) is 4.79 Å². The Labute approximate surface area is 109 Å². The van der Waals surface area contributed by atoms with E-state index >= 15 is 0 Å². The fraction of sp³-hybridized carbons (Fsp3) is 0.333. The van der Waals surface area contributed by atoms with Crippen molar-refractivity contribution in [2.75, 3.05) is 7.11 Å². The van der Waals surface area contributed by atoms with E-state index < -0.39 is 0 Å². The van der Waals surface area contributed by atoms with E-state index in [4.69, 9.17) is 22.1 Å². The summed E-state index contributed by atoms with van der Waals surface area (Å²) in [5.74, 6) is 0.486. The molecule has 0 saturated carbocycles. The predicted octanol–water partition coefficient (Wildman–Crippen LogP) is 1.41. The average Bonchev–Trinajstić information content (AvgIpc) is 2.33. The molecule has 18 heavy (non-hydrogen) atoms. The lowest BCUT2D eigenvalue weighted by atomic mass is 10.2. The summed E-state index contributed by atoms with van der Waals surface area (Å²) >= 11 is 6.00. The topological polar surface area (TPSA) is 70.1 Å². The summed E-state index contributed by atoms with van der Waals surface area (Å²) in [6.45, 7) is 2.12. The highest BCUT2D eigenvalue weighted by atomic mass is 35.5. The number of hydrogen-bond acceptors (Lipinski definition) is 4. The molecule has 2 N–H and O–H groups in total. The van der Waals surface area contributed by atoms with E-state index in [1.54, 1.807) is 25.1 Å². The van der Waals surface area contributed by atoms with Gasteiger partial charge in [-0.05, 0) is 30.7 Å². The van der Waals surface area contributed by atoms with Crippen LogP contribution in [0, 0.1) is 0 Å². The van der Waals surface area contributed by atoms with Crippen LogP contribution in [-0.4, -0.2) is 22.7 Å². The average molecular weight is 268 g/mol. The van der Waals surface area contributed by atoms with Gasteiger partial charge in [-0.1, -0.05) is 6.07 Å². The van der Waals surface area contributed by atoms with Crippen LogP contribution in [0.3, 0.4) is 0 Å². The lowest BCUT2D eigenvalue weighted by molar-refractivity contribution is 0.419. The lowest BCUT2D eigenvalue weighted by Crippen LogP contribution is -2.31. The molecule has 0 radical (unpaired) electrons. The molecule has 0 amide bonds. The summed E-state index contributed by atoms with van der Waals surface area (Å²) < 4.78 is 6.54. The molecule has 1 aromatic carbocycles. The van der Waals surface area contributed by atoms with Gasteiger partial charge in [-0.3, -0.25) is 9.36 Å². The van der Waals surface area contributed by atoms with Crippen LogP contribution in [0.1, 0.15) is 6.92 Å². The molecular formula is C12H14ClN3O2. The van der Waals surface area contributed by atoms with Gasteiger partial charge >= 0.3 is 0 Å². The van der Waals surface area contributed by atoms with Gasteiger partial charge in [0.2, 0.25) is 5.28 Å². The van der Waals surface area contributed by atoms with Gasteiger partial charge in [-0.2, -0.15) is 0 Å². The molecule has 6 heteroatoms. The monoisotopic (exact) mass is 267 g/mol. The Morgan fingerprint density at radius 2 is 2.28 bits per heavy atom. The molecule has 0 aliphatic carbocycles. The normalized spacial score (nSPS) is 12.7. The minimum atomic E-state index is -0.236. The third kappa shape index (κ3) is 2.19. The fourth-order valence-electron chi connectivity index (χ4n) is 1.82. The quantitative estimate of drug-likeness (QED) is 0.854. The van der Waals surface area contributed by atoms with E-state index in [2.05, 4.69) is 4.98 Å². The maximum atomic E-state index is 12.4. The van der Waals surface area contributed by atoms with Gasteiger partial charge in [0, 0.05) is 12.6 Å². The maximum absolute atomic E-state index is 12.4. The number of nitrogens with zero attached hydrogens (tertiary/aromatic N) is 2. The minimum Gasteiger partial charge on any atom is -0.496 e. The Kier molecular flexibility index (Phi) is 3.54. The van der Waals surface area contributed by atoms with Crippen LogP contribution >= 0.6 is 11.6 Å². The van der Waals surface area contributed by atoms with Gasteiger partial charge in [0.25, 0.3) is 5.56 Å². The van der Waals surface area contributed by atoms with Gasteiger partial charge in [-0.25, -0.2) is 4.98 Å². The van der Waals surface area contributed by atoms with Crippen LogP contribution in [0.4, 0.5) is 0 Å². The van der Waals surface area contributed by atoms with Gasteiger partial charge in [0.15, 0.2) is 0 Å². The van der Waals surface area contributed by atoms with Gasteiger partial charge in [-0.15, -0.1) is 0 Å². The summed E-state index contributed by atoms with van der Waals surface area (Å²) in [5.41, 5.74) is 5.98. The molecule has 0 aliphatic heterocycles. The highest BCUT2D eigenvalue weighted by molar-refractivity contribution is 6.28. The molecule has 96 valence electrons. The number of methoxy groups -OCH3 is 1. The highest BCUT2D eigenvalue weighted by Gasteiger charge is 2.13. The number of ether oxygens (including phenoxy) is 1. The highest BCUT2D eigenvalue weighted by Crippen LogP contribution is 2.21. The largest absolute Gasteiger partial charge is 0.496 e. The van der Waals surface area contributed by atoms with Gasteiger partial charge in [0.1, 0.15) is 11.1 Å². The molecule has 0 saturated heterocycles. The first-order chi connectivity index (χ1) is 8.54. The van der Waals surface area contributed by atoms with Crippen molar-refractivity contribution in [2.45, 2.75) is 19.5 Å². The number of aromatic nitrogens is 2. The third-order valence-electron chi connectivity index (χ3n) is 2.59. The number of halogens is 1. The molecule has 1 heterocycles. The first-order valence-electron chi connectivity index (χ1n) is 5.53. The van der Waals surface area contributed by atoms with Crippen molar-refractivity contribution in [3.05, 3.63) is 33.8 Å². The summed E-state index contributed by atoms with van der Waals surface area (Å²) in [5, 5.41) is 0.558. The molecule has 0 aliphatic rings. The van der Waals surface area contributed by atoms with E-state index in [0.29, 0.717) is 23.2 Å². The van der Waals surface area contributed by atoms with E-state index in [0.717, 1.165) is 0 Å². The maximum Gasteiger partial charge on any atom is 0.266 e. The van der Waals surface area contributed by atoms with E-state index in [1.807, 2.05) is 0 Å². The van der Waals surface area contributed by atoms with Crippen LogP contribution in [0.15, 0.2) is 23.0 Å². The summed E-state index contributed by atoms with van der Waals surface area (Å²) in [6, 6.07) is 5.02. The second-order valence-electron chi connectivity index (χ2n) is 4.13. The van der Waals surface area contributed by atoms with Crippen molar-refractivity contribution in [3.63, 3.8) is 0 Å². The Hall–Kier alpha value is -1.59. The second-order valence-corrected chi connectivity index (χ2v) is 4.47. The fourth-order valence-corrected chi connectivity index (χ4v) is 2.06. The van der Waals surface area contributed by atoms with E-state index in [1.165, 1.54) is 11.7 Å². The van der Waals surface area contributed by atoms with Gasteiger partial charge in [0.05, 0.1) is 12.6 Å². The Bertz CT molecular complexity index is 637. The number of fused-ring (bicyclic) bond motifs is 1. The zero-order valence-electron chi connectivity index (χ0n) is 10.2. The van der Waals surface area contributed by atoms with Crippen LogP contribution in [0.2, 0.25) is 5.28 Å². The number of benzene rings is 1.